The largest absolute Gasteiger partial charge is 0.497 e. The number of halogens is 1. The van der Waals surface area contributed by atoms with E-state index in [4.69, 9.17) is 21.1 Å². The summed E-state index contributed by atoms with van der Waals surface area (Å²) in [7, 11) is -0.864. The Hall–Kier alpha value is -2.98. The molecule has 2 amide bonds. The van der Waals surface area contributed by atoms with Crippen molar-refractivity contribution in [1.29, 1.82) is 0 Å². The van der Waals surface area contributed by atoms with E-state index < -0.39 is 28.5 Å². The quantitative estimate of drug-likeness (QED) is 0.443. The van der Waals surface area contributed by atoms with E-state index in [0.717, 1.165) is 16.1 Å². The highest BCUT2D eigenvalue weighted by Crippen LogP contribution is 2.30. The lowest BCUT2D eigenvalue weighted by atomic mass is 10.1. The molecule has 0 saturated carbocycles. The average Bonchev–Trinajstić information content (AvgIpc) is 2.83. The molecule has 0 fully saturated rings. The summed E-state index contributed by atoms with van der Waals surface area (Å²) in [6.07, 6.45) is 1.00. The topological polar surface area (TPSA) is 105 Å². The summed E-state index contributed by atoms with van der Waals surface area (Å²) in [6, 6.07) is 10.7. The Kier molecular flexibility index (Phi) is 10.4. The Labute approximate surface area is 218 Å². The fourth-order valence-corrected chi connectivity index (χ4v) is 4.48. The van der Waals surface area contributed by atoms with E-state index in [1.807, 2.05) is 13.8 Å². The van der Waals surface area contributed by atoms with E-state index >= 15 is 0 Å². The number of anilines is 1. The number of ether oxygens (including phenoxy) is 2. The van der Waals surface area contributed by atoms with Crippen LogP contribution < -0.4 is 19.1 Å². The van der Waals surface area contributed by atoms with Crippen LogP contribution in [0.4, 0.5) is 5.69 Å². The van der Waals surface area contributed by atoms with Crippen molar-refractivity contribution in [2.24, 2.45) is 5.92 Å². The lowest BCUT2D eigenvalue weighted by Crippen LogP contribution is -2.51. The first-order valence-corrected chi connectivity index (χ1v) is 13.6. The molecule has 9 nitrogen and oxygen atoms in total. The molecule has 2 rings (SSSR count). The summed E-state index contributed by atoms with van der Waals surface area (Å²) in [5.74, 6) is 0.377. The fraction of sp³-hybridized carbons (Fsp3) is 0.440. The number of hydrogen-bond donors (Lipinski definition) is 1. The van der Waals surface area contributed by atoms with Crippen LogP contribution in [0.15, 0.2) is 42.5 Å². The van der Waals surface area contributed by atoms with Crippen LogP contribution in [0.5, 0.6) is 11.5 Å². The van der Waals surface area contributed by atoms with Gasteiger partial charge < -0.3 is 19.7 Å². The molecule has 0 spiro atoms. The first-order valence-electron chi connectivity index (χ1n) is 11.4. The third-order valence-electron chi connectivity index (χ3n) is 5.47. The van der Waals surface area contributed by atoms with Gasteiger partial charge in [0.15, 0.2) is 0 Å². The Morgan fingerprint density at radius 1 is 1.03 bits per heavy atom. The number of amides is 2. The number of benzene rings is 2. The standard InChI is InChI=1S/C25H34ClN3O6S/c1-17(2)14-27-25(31)18(3)28(15-19-7-10-21(34-4)11-8-19)24(30)16-29(36(6,32)33)20-9-12-23(35-5)22(26)13-20/h7-13,17-18H,14-16H2,1-6H3,(H,27,31)/t18-/m0/s1. The zero-order valence-electron chi connectivity index (χ0n) is 21.4. The van der Waals surface area contributed by atoms with E-state index in [1.54, 1.807) is 38.3 Å². The van der Waals surface area contributed by atoms with Crippen LogP contribution >= 0.6 is 11.6 Å². The number of sulfonamides is 1. The highest BCUT2D eigenvalue weighted by molar-refractivity contribution is 7.92. The van der Waals surface area contributed by atoms with Crippen molar-refractivity contribution in [1.82, 2.24) is 10.2 Å². The summed E-state index contributed by atoms with van der Waals surface area (Å²) < 4.78 is 36.6. The van der Waals surface area contributed by atoms with Crippen LogP contribution in [0.1, 0.15) is 26.3 Å². The number of rotatable bonds is 12. The average molecular weight is 540 g/mol. The fourth-order valence-electron chi connectivity index (χ4n) is 3.39. The predicted molar refractivity (Wildman–Crippen MR) is 141 cm³/mol. The van der Waals surface area contributed by atoms with Gasteiger partial charge in [0.25, 0.3) is 0 Å². The zero-order valence-corrected chi connectivity index (χ0v) is 23.0. The maximum absolute atomic E-state index is 13.6. The number of methoxy groups -OCH3 is 2. The second-order valence-corrected chi connectivity index (χ2v) is 11.1. The van der Waals surface area contributed by atoms with Crippen LogP contribution in [0.25, 0.3) is 0 Å². The predicted octanol–water partition coefficient (Wildman–Crippen LogP) is 3.31. The molecule has 0 aliphatic rings. The van der Waals surface area contributed by atoms with E-state index in [0.29, 0.717) is 18.0 Å². The molecule has 1 N–H and O–H groups in total. The molecule has 0 bridgehead atoms. The van der Waals surface area contributed by atoms with Gasteiger partial charge in [0, 0.05) is 13.1 Å². The van der Waals surface area contributed by atoms with Crippen molar-refractivity contribution < 1.29 is 27.5 Å². The van der Waals surface area contributed by atoms with E-state index in [-0.39, 0.29) is 29.1 Å². The summed E-state index contributed by atoms with van der Waals surface area (Å²) >= 11 is 6.20. The molecule has 0 unspecified atom stereocenters. The maximum Gasteiger partial charge on any atom is 0.244 e. The van der Waals surface area contributed by atoms with Crippen molar-refractivity contribution in [3.8, 4) is 11.5 Å². The lowest BCUT2D eigenvalue weighted by molar-refractivity contribution is -0.139. The number of hydrogen-bond acceptors (Lipinski definition) is 6. The van der Waals surface area contributed by atoms with Gasteiger partial charge in [-0.25, -0.2) is 8.42 Å². The Balaban J connectivity index is 2.39. The van der Waals surface area contributed by atoms with Crippen molar-refractivity contribution in [3.63, 3.8) is 0 Å². The first-order chi connectivity index (χ1) is 16.9. The molecule has 0 radical (unpaired) electrons. The third-order valence-corrected chi connectivity index (χ3v) is 6.90. The summed E-state index contributed by atoms with van der Waals surface area (Å²) in [5.41, 5.74) is 0.962. The maximum atomic E-state index is 13.6. The van der Waals surface area contributed by atoms with Gasteiger partial charge in [0.1, 0.15) is 24.1 Å². The molecular weight excluding hydrogens is 506 g/mol. The van der Waals surface area contributed by atoms with E-state index in [1.165, 1.54) is 30.2 Å². The molecular formula is C25H34ClN3O6S. The lowest BCUT2D eigenvalue weighted by Gasteiger charge is -2.31. The normalized spacial score (nSPS) is 12.1. The zero-order chi connectivity index (χ0) is 27.0. The Bertz CT molecular complexity index is 1150. The molecule has 0 saturated heterocycles. The van der Waals surface area contributed by atoms with Crippen LogP contribution in [0.2, 0.25) is 5.02 Å². The van der Waals surface area contributed by atoms with Gasteiger partial charge in [-0.1, -0.05) is 37.6 Å². The number of carbonyl (C=O) groups is 2. The van der Waals surface area contributed by atoms with Gasteiger partial charge >= 0.3 is 0 Å². The summed E-state index contributed by atoms with van der Waals surface area (Å²) in [6.45, 7) is 5.59. The van der Waals surface area contributed by atoms with Crippen molar-refractivity contribution in [3.05, 3.63) is 53.1 Å². The van der Waals surface area contributed by atoms with Crippen LogP contribution in [-0.4, -0.2) is 64.7 Å². The third kappa shape index (κ3) is 8.03. The Morgan fingerprint density at radius 3 is 2.17 bits per heavy atom. The minimum atomic E-state index is -3.86. The van der Waals surface area contributed by atoms with Gasteiger partial charge in [-0.3, -0.25) is 13.9 Å². The monoisotopic (exact) mass is 539 g/mol. The highest BCUT2D eigenvalue weighted by Gasteiger charge is 2.30. The minimum Gasteiger partial charge on any atom is -0.497 e. The number of carbonyl (C=O) groups excluding carboxylic acids is 2. The molecule has 2 aromatic rings. The SMILES string of the molecule is COc1ccc(CN(C(=O)CN(c2ccc(OC)c(Cl)c2)S(C)(=O)=O)[C@@H](C)C(=O)NCC(C)C)cc1. The summed E-state index contributed by atoms with van der Waals surface area (Å²) in [4.78, 5) is 27.8. The van der Waals surface area contributed by atoms with Gasteiger partial charge in [-0.2, -0.15) is 0 Å². The number of nitrogens with zero attached hydrogens (tertiary/aromatic N) is 2. The Morgan fingerprint density at radius 2 is 1.67 bits per heavy atom. The molecule has 1 atom stereocenters. The highest BCUT2D eigenvalue weighted by atomic mass is 35.5. The minimum absolute atomic E-state index is 0.0973. The molecule has 2 aromatic carbocycles. The smallest absolute Gasteiger partial charge is 0.244 e. The molecule has 198 valence electrons. The molecule has 0 aliphatic heterocycles. The van der Waals surface area contributed by atoms with Crippen molar-refractivity contribution >= 4 is 39.1 Å². The van der Waals surface area contributed by atoms with Crippen LogP contribution in [-0.2, 0) is 26.2 Å². The number of nitrogens with one attached hydrogen (secondary N) is 1. The molecule has 36 heavy (non-hydrogen) atoms. The van der Waals surface area contributed by atoms with Crippen molar-refractivity contribution in [2.45, 2.75) is 33.4 Å². The van der Waals surface area contributed by atoms with Gasteiger partial charge in [-0.05, 0) is 48.7 Å². The molecule has 0 heterocycles. The second kappa shape index (κ2) is 12.8. The van der Waals surface area contributed by atoms with E-state index in [9.17, 15) is 18.0 Å². The van der Waals surface area contributed by atoms with Crippen LogP contribution in [0.3, 0.4) is 0 Å². The molecule has 0 aromatic heterocycles. The second-order valence-electron chi connectivity index (χ2n) is 8.77. The van der Waals surface area contributed by atoms with Gasteiger partial charge in [0.2, 0.25) is 21.8 Å². The molecule has 11 heteroatoms. The van der Waals surface area contributed by atoms with Gasteiger partial charge in [0.05, 0.1) is 31.2 Å². The first kappa shape index (κ1) is 29.3. The summed E-state index contributed by atoms with van der Waals surface area (Å²) in [5, 5.41) is 3.04. The van der Waals surface area contributed by atoms with Crippen LogP contribution in [0, 0.1) is 5.92 Å². The van der Waals surface area contributed by atoms with Crippen molar-refractivity contribution in [2.75, 3.05) is 37.9 Å². The molecule has 0 aliphatic carbocycles. The van der Waals surface area contributed by atoms with Gasteiger partial charge in [-0.15, -0.1) is 0 Å². The van der Waals surface area contributed by atoms with E-state index in [2.05, 4.69) is 5.32 Å².